The Labute approximate surface area is 136 Å². The third kappa shape index (κ3) is 3.70. The molecule has 23 heavy (non-hydrogen) atoms. The van der Waals surface area contributed by atoms with Gasteiger partial charge in [-0.1, -0.05) is 32.3 Å². The first-order valence-electron chi connectivity index (χ1n) is 8.22. The van der Waals surface area contributed by atoms with Crippen molar-refractivity contribution in [3.63, 3.8) is 0 Å². The normalized spacial score (nSPS) is 11.0. The number of benzene rings is 1. The summed E-state index contributed by atoms with van der Waals surface area (Å²) in [6, 6.07) is 7.89. The molecule has 0 amide bonds. The maximum Gasteiger partial charge on any atom is 0.231 e. The van der Waals surface area contributed by atoms with Crippen molar-refractivity contribution in [2.24, 2.45) is 0 Å². The fraction of sp³-hybridized carbons (Fsp3) is 0.368. The van der Waals surface area contributed by atoms with E-state index >= 15 is 0 Å². The van der Waals surface area contributed by atoms with E-state index in [1.807, 2.05) is 31.2 Å². The highest BCUT2D eigenvalue weighted by Crippen LogP contribution is 2.31. The van der Waals surface area contributed by atoms with Gasteiger partial charge in [-0.05, 0) is 37.1 Å². The van der Waals surface area contributed by atoms with Crippen molar-refractivity contribution in [3.8, 4) is 17.2 Å². The van der Waals surface area contributed by atoms with Gasteiger partial charge in [0.05, 0.1) is 18.4 Å². The largest absolute Gasteiger partial charge is 0.491 e. The number of oxazole rings is 1. The molecule has 4 heteroatoms. The monoisotopic (exact) mass is 310 g/mol. The molecule has 120 valence electrons. The second-order valence-electron chi connectivity index (χ2n) is 5.77. The quantitative estimate of drug-likeness (QED) is 0.566. The van der Waals surface area contributed by atoms with E-state index in [0.29, 0.717) is 12.5 Å². The zero-order valence-corrected chi connectivity index (χ0v) is 13.7. The van der Waals surface area contributed by atoms with E-state index in [9.17, 15) is 0 Å². The van der Waals surface area contributed by atoms with Crippen molar-refractivity contribution in [1.82, 2.24) is 9.97 Å². The Kier molecular flexibility index (Phi) is 4.91. The van der Waals surface area contributed by atoms with E-state index in [2.05, 4.69) is 16.9 Å². The van der Waals surface area contributed by atoms with Gasteiger partial charge < -0.3 is 9.15 Å². The van der Waals surface area contributed by atoms with Gasteiger partial charge in [0.1, 0.15) is 11.3 Å². The number of hydrogen-bond acceptors (Lipinski definition) is 4. The minimum atomic E-state index is 0.580. The van der Waals surface area contributed by atoms with E-state index in [4.69, 9.17) is 9.15 Å². The highest BCUT2D eigenvalue weighted by atomic mass is 16.5. The molecule has 0 saturated carbocycles. The number of ether oxygens (including phenoxy) is 1. The molecule has 0 fully saturated rings. The third-order valence-electron chi connectivity index (χ3n) is 3.81. The molecular formula is C19H22N2O2. The fourth-order valence-electron chi connectivity index (χ4n) is 2.54. The molecule has 3 aromatic rings. The van der Waals surface area contributed by atoms with E-state index in [0.717, 1.165) is 28.8 Å². The summed E-state index contributed by atoms with van der Waals surface area (Å²) >= 11 is 0. The van der Waals surface area contributed by atoms with Gasteiger partial charge in [-0.25, -0.2) is 4.98 Å². The Balaban J connectivity index is 1.81. The van der Waals surface area contributed by atoms with Crippen LogP contribution in [0, 0.1) is 6.92 Å². The molecule has 0 spiro atoms. The molecule has 2 aromatic heterocycles. The van der Waals surface area contributed by atoms with Gasteiger partial charge in [0.25, 0.3) is 0 Å². The molecule has 0 N–H and O–H groups in total. The Morgan fingerprint density at radius 1 is 1.13 bits per heavy atom. The van der Waals surface area contributed by atoms with Gasteiger partial charge in [-0.15, -0.1) is 0 Å². The van der Waals surface area contributed by atoms with E-state index < -0.39 is 0 Å². The Morgan fingerprint density at radius 3 is 2.91 bits per heavy atom. The standard InChI is InChI=1S/C19H22N2O2/c1-3-4-5-6-11-22-18-13-20-10-9-15(18)19-21-16-12-14(2)7-8-17(16)23-19/h7-10,12-13H,3-6,11H2,1-2H3. The maximum atomic E-state index is 5.90. The Bertz CT molecular complexity index is 780. The minimum absolute atomic E-state index is 0.580. The zero-order chi connectivity index (χ0) is 16.1. The SMILES string of the molecule is CCCCCCOc1cnccc1-c1nc2cc(C)ccc2o1. The number of pyridine rings is 1. The van der Waals surface area contributed by atoms with E-state index in [1.165, 1.54) is 24.8 Å². The summed E-state index contributed by atoms with van der Waals surface area (Å²) in [5.41, 5.74) is 3.67. The molecular weight excluding hydrogens is 288 g/mol. The summed E-state index contributed by atoms with van der Waals surface area (Å²) in [6.45, 7) is 4.94. The van der Waals surface area contributed by atoms with Crippen LogP contribution in [0.2, 0.25) is 0 Å². The highest BCUT2D eigenvalue weighted by molar-refractivity contribution is 5.77. The van der Waals surface area contributed by atoms with Crippen LogP contribution >= 0.6 is 0 Å². The van der Waals surface area contributed by atoms with Crippen molar-refractivity contribution in [2.75, 3.05) is 6.61 Å². The van der Waals surface area contributed by atoms with Crippen LogP contribution in [0.5, 0.6) is 5.75 Å². The van der Waals surface area contributed by atoms with Gasteiger partial charge in [0, 0.05) is 6.20 Å². The molecule has 2 heterocycles. The summed E-state index contributed by atoms with van der Waals surface area (Å²) in [5.74, 6) is 1.31. The van der Waals surface area contributed by atoms with Gasteiger partial charge in [0.2, 0.25) is 5.89 Å². The van der Waals surface area contributed by atoms with Crippen molar-refractivity contribution < 1.29 is 9.15 Å². The predicted molar refractivity (Wildman–Crippen MR) is 91.6 cm³/mol. The number of nitrogens with zero attached hydrogens (tertiary/aromatic N) is 2. The van der Waals surface area contributed by atoms with Crippen LogP contribution < -0.4 is 4.74 Å². The van der Waals surface area contributed by atoms with Crippen LogP contribution in [0.25, 0.3) is 22.6 Å². The maximum absolute atomic E-state index is 5.90. The number of fused-ring (bicyclic) bond motifs is 1. The van der Waals surface area contributed by atoms with Gasteiger partial charge in [-0.3, -0.25) is 4.98 Å². The van der Waals surface area contributed by atoms with Crippen LogP contribution in [0.4, 0.5) is 0 Å². The number of rotatable bonds is 7. The molecule has 0 aliphatic heterocycles. The first kappa shape index (κ1) is 15.5. The zero-order valence-electron chi connectivity index (χ0n) is 13.7. The van der Waals surface area contributed by atoms with Crippen molar-refractivity contribution in [1.29, 1.82) is 0 Å². The summed E-state index contributed by atoms with van der Waals surface area (Å²) < 4.78 is 11.8. The Hall–Kier alpha value is -2.36. The second-order valence-corrected chi connectivity index (χ2v) is 5.77. The van der Waals surface area contributed by atoms with Crippen LogP contribution in [0.1, 0.15) is 38.2 Å². The minimum Gasteiger partial charge on any atom is -0.491 e. The highest BCUT2D eigenvalue weighted by Gasteiger charge is 2.13. The molecule has 1 aromatic carbocycles. The molecule has 0 atom stereocenters. The smallest absolute Gasteiger partial charge is 0.231 e. The molecule has 0 bridgehead atoms. The predicted octanol–water partition coefficient (Wildman–Crippen LogP) is 5.16. The number of aromatic nitrogens is 2. The molecule has 0 unspecified atom stereocenters. The molecule has 4 nitrogen and oxygen atoms in total. The lowest BCUT2D eigenvalue weighted by molar-refractivity contribution is 0.304. The second kappa shape index (κ2) is 7.27. The van der Waals surface area contributed by atoms with Crippen LogP contribution in [0.15, 0.2) is 41.1 Å². The number of hydrogen-bond donors (Lipinski definition) is 0. The van der Waals surface area contributed by atoms with Crippen molar-refractivity contribution >= 4 is 11.1 Å². The molecule has 0 aliphatic rings. The summed E-state index contributed by atoms with van der Waals surface area (Å²) in [6.07, 6.45) is 8.17. The molecule has 0 saturated heterocycles. The lowest BCUT2D eigenvalue weighted by Crippen LogP contribution is -1.99. The van der Waals surface area contributed by atoms with Crippen LogP contribution in [0.3, 0.4) is 0 Å². The first-order valence-corrected chi connectivity index (χ1v) is 8.22. The van der Waals surface area contributed by atoms with Gasteiger partial charge in [0.15, 0.2) is 5.58 Å². The van der Waals surface area contributed by atoms with Crippen LogP contribution in [-0.2, 0) is 0 Å². The number of unbranched alkanes of at least 4 members (excludes halogenated alkanes) is 3. The fourth-order valence-corrected chi connectivity index (χ4v) is 2.54. The average molecular weight is 310 g/mol. The molecule has 0 aliphatic carbocycles. The first-order chi connectivity index (χ1) is 11.3. The van der Waals surface area contributed by atoms with E-state index in [1.54, 1.807) is 12.4 Å². The third-order valence-corrected chi connectivity index (χ3v) is 3.81. The summed E-state index contributed by atoms with van der Waals surface area (Å²) in [7, 11) is 0. The van der Waals surface area contributed by atoms with E-state index in [-0.39, 0.29) is 0 Å². The van der Waals surface area contributed by atoms with Gasteiger partial charge in [-0.2, -0.15) is 0 Å². The Morgan fingerprint density at radius 2 is 2.04 bits per heavy atom. The summed E-state index contributed by atoms with van der Waals surface area (Å²) in [4.78, 5) is 8.75. The molecule has 3 rings (SSSR count). The number of aryl methyl sites for hydroxylation is 1. The van der Waals surface area contributed by atoms with Crippen molar-refractivity contribution in [3.05, 3.63) is 42.2 Å². The average Bonchev–Trinajstić information content (AvgIpc) is 2.98. The van der Waals surface area contributed by atoms with Gasteiger partial charge >= 0.3 is 0 Å². The summed E-state index contributed by atoms with van der Waals surface area (Å²) in [5, 5.41) is 0. The molecule has 0 radical (unpaired) electrons. The topological polar surface area (TPSA) is 48.2 Å². The van der Waals surface area contributed by atoms with Crippen molar-refractivity contribution in [2.45, 2.75) is 39.5 Å². The van der Waals surface area contributed by atoms with Crippen LogP contribution in [-0.4, -0.2) is 16.6 Å². The lowest BCUT2D eigenvalue weighted by Gasteiger charge is -2.08. The lowest BCUT2D eigenvalue weighted by atomic mass is 10.2.